The lowest BCUT2D eigenvalue weighted by Gasteiger charge is -2.12. The van der Waals surface area contributed by atoms with Crippen LogP contribution in [0.2, 0.25) is 0 Å². The molecular formula is C15H17N3O8S. The molecule has 0 saturated carbocycles. The Bertz CT molecular complexity index is 910. The summed E-state index contributed by atoms with van der Waals surface area (Å²) in [5, 5.41) is 25.3. The third kappa shape index (κ3) is 5.17. The normalized spacial score (nSPS) is 12.3. The first-order chi connectivity index (χ1) is 12.7. The highest BCUT2D eigenvalue weighted by Crippen LogP contribution is 2.24. The monoisotopic (exact) mass is 399 g/mol. The van der Waals surface area contributed by atoms with Gasteiger partial charge >= 0.3 is 16.9 Å². The van der Waals surface area contributed by atoms with Crippen LogP contribution in [0.25, 0.3) is 0 Å². The van der Waals surface area contributed by atoms with Gasteiger partial charge in [0.2, 0.25) is 5.91 Å². The number of carboxylic acids is 1. The van der Waals surface area contributed by atoms with Crippen molar-refractivity contribution in [3.63, 3.8) is 0 Å². The van der Waals surface area contributed by atoms with Crippen LogP contribution in [0.4, 0.5) is 0 Å². The van der Waals surface area contributed by atoms with Crippen molar-refractivity contribution < 1.29 is 37.4 Å². The number of carbonyl (C=O) groups excluding carboxylic acids is 1. The van der Waals surface area contributed by atoms with E-state index < -0.39 is 38.7 Å². The molecule has 0 aliphatic heterocycles. The third-order valence-electron chi connectivity index (χ3n) is 3.30. The Morgan fingerprint density at radius 2 is 2.00 bits per heavy atom. The summed E-state index contributed by atoms with van der Waals surface area (Å²) in [4.78, 5) is 21.6. The van der Waals surface area contributed by atoms with Crippen molar-refractivity contribution in [3.8, 4) is 5.88 Å². The molecule has 2 rings (SSSR count). The fraction of sp³-hybridized carbons (Fsp3) is 0.333. The summed E-state index contributed by atoms with van der Waals surface area (Å²) in [6.07, 6.45) is -0.532. The number of hydrogen-bond donors (Lipinski definition) is 2. The minimum Gasteiger partial charge on any atom is -0.481 e. The molecule has 2 aromatic rings. The zero-order chi connectivity index (χ0) is 20.0. The highest BCUT2D eigenvalue weighted by Gasteiger charge is 2.36. The molecule has 11 nitrogen and oxygen atoms in total. The molecule has 0 saturated heterocycles. The first-order valence-electron chi connectivity index (χ1n) is 7.75. The number of ether oxygens (including phenoxy) is 1. The lowest BCUT2D eigenvalue weighted by Crippen LogP contribution is -2.37. The fourth-order valence-corrected chi connectivity index (χ4v) is 3.35. The summed E-state index contributed by atoms with van der Waals surface area (Å²) >= 11 is 0. The van der Waals surface area contributed by atoms with E-state index in [0.717, 1.165) is 0 Å². The van der Waals surface area contributed by atoms with Gasteiger partial charge < -0.3 is 20.4 Å². The zero-order valence-corrected chi connectivity index (χ0v) is 15.0. The van der Waals surface area contributed by atoms with Crippen LogP contribution in [-0.2, 0) is 19.4 Å². The molecule has 1 amide bonds. The number of sulfone groups is 1. The molecule has 0 aliphatic carbocycles. The Kier molecular flexibility index (Phi) is 6.34. The van der Waals surface area contributed by atoms with Gasteiger partial charge in [-0.15, -0.1) is 0 Å². The molecule has 2 N–H and O–H groups in total. The Hall–Kier alpha value is -3.15. The van der Waals surface area contributed by atoms with Gasteiger partial charge in [0.25, 0.3) is 9.84 Å². The van der Waals surface area contributed by atoms with E-state index in [1.807, 2.05) is 0 Å². The lowest BCUT2D eigenvalue weighted by molar-refractivity contribution is -0.832. The summed E-state index contributed by atoms with van der Waals surface area (Å²) < 4.78 is 34.7. The maximum absolute atomic E-state index is 12.6. The molecule has 0 fully saturated rings. The molecule has 1 unspecified atom stereocenters. The molecule has 27 heavy (non-hydrogen) atoms. The number of carboxylic acid groups (broad SMARTS) is 1. The fourth-order valence-electron chi connectivity index (χ4n) is 2.05. The standard InChI is InChI=1S/C15H17N3O8S/c1-10(16-12(19)7-8-13(20)21)9-25-14-15(18(22)26-17-14)27(23,24)11-5-3-2-4-6-11/h2-6,10H,7-9H2,1H3,(H,16,19)(H,20,21). The van der Waals surface area contributed by atoms with Crippen molar-refractivity contribution in [2.75, 3.05) is 6.61 Å². The van der Waals surface area contributed by atoms with Crippen molar-refractivity contribution in [1.29, 1.82) is 0 Å². The van der Waals surface area contributed by atoms with Crippen LogP contribution in [0.1, 0.15) is 19.8 Å². The molecule has 1 atom stereocenters. The van der Waals surface area contributed by atoms with Gasteiger partial charge in [0, 0.05) is 6.42 Å². The van der Waals surface area contributed by atoms with Crippen LogP contribution < -0.4 is 15.0 Å². The number of hydrogen-bond acceptors (Lipinski definition) is 8. The number of rotatable bonds is 9. The topological polar surface area (TPSA) is 163 Å². The van der Waals surface area contributed by atoms with Crippen LogP contribution in [0, 0.1) is 5.21 Å². The molecule has 0 spiro atoms. The zero-order valence-electron chi connectivity index (χ0n) is 14.2. The molecular weight excluding hydrogens is 382 g/mol. The van der Waals surface area contributed by atoms with Crippen molar-refractivity contribution in [2.45, 2.75) is 35.7 Å². The summed E-state index contributed by atoms with van der Waals surface area (Å²) in [6, 6.07) is 6.60. The molecule has 12 heteroatoms. The quantitative estimate of drug-likeness (QED) is 0.548. The van der Waals surface area contributed by atoms with Crippen LogP contribution in [0.5, 0.6) is 5.88 Å². The number of aliphatic carboxylic acids is 1. The van der Waals surface area contributed by atoms with Gasteiger partial charge in [0.1, 0.15) is 6.61 Å². The average molecular weight is 399 g/mol. The van der Waals surface area contributed by atoms with Gasteiger partial charge in [-0.05, 0) is 24.0 Å². The summed E-state index contributed by atoms with van der Waals surface area (Å²) in [6.45, 7) is 1.33. The second-order valence-electron chi connectivity index (χ2n) is 5.53. The van der Waals surface area contributed by atoms with Crippen molar-refractivity contribution in [1.82, 2.24) is 10.5 Å². The lowest BCUT2D eigenvalue weighted by atomic mass is 10.2. The molecule has 146 valence electrons. The molecule has 1 aromatic heterocycles. The maximum atomic E-state index is 12.6. The van der Waals surface area contributed by atoms with E-state index in [9.17, 15) is 23.2 Å². The number of amides is 1. The SMILES string of the molecule is CC(COc1no[n+]([O-])c1S(=O)(=O)c1ccccc1)NC(=O)CCC(=O)O. The third-order valence-corrected chi connectivity index (χ3v) is 5.02. The number of benzene rings is 1. The Morgan fingerprint density at radius 1 is 1.33 bits per heavy atom. The number of nitrogens with zero attached hydrogens (tertiary/aromatic N) is 2. The first-order valence-corrected chi connectivity index (χ1v) is 9.24. The summed E-state index contributed by atoms with van der Waals surface area (Å²) in [5.74, 6) is -2.16. The summed E-state index contributed by atoms with van der Waals surface area (Å²) in [7, 11) is -4.23. The Labute approximate surface area is 154 Å². The first kappa shape index (κ1) is 20.2. The second kappa shape index (κ2) is 8.49. The number of aromatic nitrogens is 2. The van der Waals surface area contributed by atoms with E-state index in [1.165, 1.54) is 24.3 Å². The van der Waals surface area contributed by atoms with Gasteiger partial charge in [-0.25, -0.2) is 8.42 Å². The Balaban J connectivity index is 2.07. The highest BCUT2D eigenvalue weighted by atomic mass is 32.2. The van der Waals surface area contributed by atoms with E-state index in [1.54, 1.807) is 13.0 Å². The van der Waals surface area contributed by atoms with Crippen LogP contribution in [0.3, 0.4) is 0 Å². The predicted octanol–water partition coefficient (Wildman–Crippen LogP) is -0.111. The molecule has 0 aliphatic rings. The van der Waals surface area contributed by atoms with E-state index in [4.69, 9.17) is 9.84 Å². The van der Waals surface area contributed by atoms with E-state index in [2.05, 4.69) is 15.1 Å². The van der Waals surface area contributed by atoms with E-state index in [-0.39, 0.29) is 29.2 Å². The molecule has 0 bridgehead atoms. The van der Waals surface area contributed by atoms with Crippen molar-refractivity contribution in [2.24, 2.45) is 0 Å². The molecule has 0 radical (unpaired) electrons. The minimum absolute atomic E-state index is 0.141. The average Bonchev–Trinajstić information content (AvgIpc) is 3.00. The van der Waals surface area contributed by atoms with Crippen LogP contribution in [-0.4, -0.2) is 43.2 Å². The largest absolute Gasteiger partial charge is 0.481 e. The Morgan fingerprint density at radius 3 is 2.63 bits per heavy atom. The van der Waals surface area contributed by atoms with Crippen LogP contribution in [0.15, 0.2) is 44.9 Å². The smallest absolute Gasteiger partial charge is 0.415 e. The van der Waals surface area contributed by atoms with Gasteiger partial charge in [-0.1, -0.05) is 18.2 Å². The van der Waals surface area contributed by atoms with Crippen molar-refractivity contribution in [3.05, 3.63) is 35.5 Å². The second-order valence-corrected chi connectivity index (χ2v) is 7.40. The summed E-state index contributed by atoms with van der Waals surface area (Å²) in [5.41, 5.74) is 0. The molecule has 1 heterocycles. The number of carbonyl (C=O) groups is 2. The minimum atomic E-state index is -4.23. The predicted molar refractivity (Wildman–Crippen MR) is 87.3 cm³/mol. The van der Waals surface area contributed by atoms with Gasteiger partial charge in [0.15, 0.2) is 0 Å². The van der Waals surface area contributed by atoms with Gasteiger partial charge in [-0.2, -0.15) is 0 Å². The number of nitrogens with one attached hydrogen (secondary N) is 1. The van der Waals surface area contributed by atoms with E-state index in [0.29, 0.717) is 0 Å². The molecule has 1 aromatic carbocycles. The van der Waals surface area contributed by atoms with E-state index >= 15 is 0 Å². The van der Waals surface area contributed by atoms with Crippen LogP contribution >= 0.6 is 0 Å². The highest BCUT2D eigenvalue weighted by molar-refractivity contribution is 7.91. The van der Waals surface area contributed by atoms with Gasteiger partial charge in [0.05, 0.1) is 22.5 Å². The van der Waals surface area contributed by atoms with Gasteiger partial charge in [-0.3, -0.25) is 14.2 Å². The van der Waals surface area contributed by atoms with Crippen molar-refractivity contribution >= 4 is 21.7 Å². The maximum Gasteiger partial charge on any atom is 0.415 e.